The molecule has 3 rings (SSSR count). The maximum Gasteiger partial charge on any atom is 0.323 e. The Balaban J connectivity index is 2.22. The van der Waals surface area contributed by atoms with E-state index in [4.69, 9.17) is 5.73 Å². The number of thioether (sulfide) groups is 1. The molecule has 0 saturated heterocycles. The number of carbonyl (C=O) groups excluding carboxylic acids is 1. The molecule has 0 unspecified atom stereocenters. The van der Waals surface area contributed by atoms with Crippen LogP contribution < -0.4 is 10.6 Å². The number of nitrogens with two attached hydrogens (primary N) is 1. The first kappa shape index (κ1) is 13.1. The fraction of sp³-hybridized carbons (Fsp3) is 0.188. The van der Waals surface area contributed by atoms with Crippen LogP contribution in [0.2, 0.25) is 0 Å². The van der Waals surface area contributed by atoms with Gasteiger partial charge in [0.15, 0.2) is 0 Å². The SMILES string of the molecule is CSc1ccc2c(c1)N(C(N)=O)c1ccccc1CC2. The summed E-state index contributed by atoms with van der Waals surface area (Å²) in [7, 11) is 0. The van der Waals surface area contributed by atoms with Crippen LogP contribution in [0.3, 0.4) is 0 Å². The van der Waals surface area contributed by atoms with E-state index < -0.39 is 6.03 Å². The third kappa shape index (κ3) is 2.16. The van der Waals surface area contributed by atoms with Crippen LogP contribution in [-0.2, 0) is 12.8 Å². The second-order valence-electron chi connectivity index (χ2n) is 4.80. The Hall–Kier alpha value is -1.94. The third-order valence-electron chi connectivity index (χ3n) is 3.65. The lowest BCUT2D eigenvalue weighted by Crippen LogP contribution is -2.32. The monoisotopic (exact) mass is 284 g/mol. The van der Waals surface area contributed by atoms with Crippen molar-refractivity contribution in [2.75, 3.05) is 11.2 Å². The van der Waals surface area contributed by atoms with E-state index in [2.05, 4.69) is 18.2 Å². The standard InChI is InChI=1S/C16H16N2OS/c1-20-13-9-8-12-7-6-11-4-2-3-5-14(11)18(16(17)19)15(12)10-13/h2-5,8-10H,6-7H2,1H3,(H2,17,19). The minimum absolute atomic E-state index is 0.432. The van der Waals surface area contributed by atoms with Crippen molar-refractivity contribution in [3.8, 4) is 0 Å². The predicted octanol–water partition coefficient (Wildman–Crippen LogP) is 3.72. The number of anilines is 2. The lowest BCUT2D eigenvalue weighted by atomic mass is 10.0. The van der Waals surface area contributed by atoms with E-state index in [0.717, 1.165) is 40.2 Å². The number of aryl methyl sites for hydroxylation is 2. The van der Waals surface area contributed by atoms with Gasteiger partial charge in [0.25, 0.3) is 0 Å². The Morgan fingerprint density at radius 2 is 1.80 bits per heavy atom. The number of primary amides is 1. The van der Waals surface area contributed by atoms with E-state index in [1.165, 1.54) is 0 Å². The smallest absolute Gasteiger partial charge is 0.323 e. The zero-order valence-electron chi connectivity index (χ0n) is 11.3. The summed E-state index contributed by atoms with van der Waals surface area (Å²) in [5.41, 5.74) is 9.77. The molecule has 0 aromatic heterocycles. The van der Waals surface area contributed by atoms with Crippen LogP contribution in [0.15, 0.2) is 47.4 Å². The Morgan fingerprint density at radius 1 is 1.10 bits per heavy atom. The van der Waals surface area contributed by atoms with E-state index in [9.17, 15) is 4.79 Å². The van der Waals surface area contributed by atoms with Crippen molar-refractivity contribution in [3.05, 3.63) is 53.6 Å². The number of para-hydroxylation sites is 1. The Bertz CT molecular complexity index is 669. The van der Waals surface area contributed by atoms with Gasteiger partial charge in [-0.15, -0.1) is 11.8 Å². The van der Waals surface area contributed by atoms with Gasteiger partial charge in [0.05, 0.1) is 11.4 Å². The van der Waals surface area contributed by atoms with Crippen LogP contribution in [-0.4, -0.2) is 12.3 Å². The van der Waals surface area contributed by atoms with Gasteiger partial charge in [-0.1, -0.05) is 24.3 Å². The first-order chi connectivity index (χ1) is 9.70. The maximum atomic E-state index is 12.0. The third-order valence-corrected chi connectivity index (χ3v) is 4.38. The number of hydrogen-bond donors (Lipinski definition) is 1. The molecule has 0 fully saturated rings. The lowest BCUT2D eigenvalue weighted by Gasteiger charge is -2.23. The van der Waals surface area contributed by atoms with Crippen molar-refractivity contribution >= 4 is 29.2 Å². The quantitative estimate of drug-likeness (QED) is 0.811. The van der Waals surface area contributed by atoms with E-state index in [1.54, 1.807) is 16.7 Å². The average Bonchev–Trinajstić information content (AvgIpc) is 2.62. The Kier molecular flexibility index (Phi) is 3.40. The fourth-order valence-corrected chi connectivity index (χ4v) is 3.10. The predicted molar refractivity (Wildman–Crippen MR) is 83.8 cm³/mol. The number of urea groups is 1. The fourth-order valence-electron chi connectivity index (χ4n) is 2.67. The Labute approximate surface area is 122 Å². The van der Waals surface area contributed by atoms with Crippen LogP contribution in [0.25, 0.3) is 0 Å². The molecular formula is C16H16N2OS. The van der Waals surface area contributed by atoms with Crippen molar-refractivity contribution in [3.63, 3.8) is 0 Å². The molecule has 102 valence electrons. The summed E-state index contributed by atoms with van der Waals surface area (Å²) < 4.78 is 0. The van der Waals surface area contributed by atoms with Crippen molar-refractivity contribution in [1.82, 2.24) is 0 Å². The van der Waals surface area contributed by atoms with Crippen molar-refractivity contribution in [2.45, 2.75) is 17.7 Å². The molecule has 2 aromatic carbocycles. The lowest BCUT2D eigenvalue weighted by molar-refractivity contribution is 0.256. The summed E-state index contributed by atoms with van der Waals surface area (Å²) in [5, 5.41) is 0. The summed E-state index contributed by atoms with van der Waals surface area (Å²) >= 11 is 1.66. The summed E-state index contributed by atoms with van der Waals surface area (Å²) in [6, 6.07) is 13.8. The molecular weight excluding hydrogens is 268 g/mol. The minimum atomic E-state index is -0.432. The molecule has 0 aliphatic carbocycles. The van der Waals surface area contributed by atoms with Crippen LogP contribution in [0.4, 0.5) is 16.2 Å². The molecule has 0 atom stereocenters. The average molecular weight is 284 g/mol. The number of fused-ring (bicyclic) bond motifs is 2. The molecule has 1 aliphatic heterocycles. The topological polar surface area (TPSA) is 46.3 Å². The number of rotatable bonds is 1. The van der Waals surface area contributed by atoms with Crippen molar-refractivity contribution in [2.24, 2.45) is 5.73 Å². The van der Waals surface area contributed by atoms with E-state index >= 15 is 0 Å². The van der Waals surface area contributed by atoms with Gasteiger partial charge in [-0.2, -0.15) is 0 Å². The number of carbonyl (C=O) groups is 1. The minimum Gasteiger partial charge on any atom is -0.351 e. The van der Waals surface area contributed by atoms with Gasteiger partial charge in [-0.25, -0.2) is 4.79 Å². The van der Waals surface area contributed by atoms with Gasteiger partial charge in [-0.05, 0) is 48.4 Å². The molecule has 20 heavy (non-hydrogen) atoms. The van der Waals surface area contributed by atoms with Crippen LogP contribution in [0.5, 0.6) is 0 Å². The van der Waals surface area contributed by atoms with E-state index in [0.29, 0.717) is 0 Å². The first-order valence-corrected chi connectivity index (χ1v) is 7.77. The molecule has 1 aliphatic rings. The van der Waals surface area contributed by atoms with E-state index in [1.807, 2.05) is 30.5 Å². The molecule has 2 amide bonds. The van der Waals surface area contributed by atoms with Gasteiger partial charge in [-0.3, -0.25) is 4.90 Å². The van der Waals surface area contributed by atoms with Crippen LogP contribution >= 0.6 is 11.8 Å². The molecule has 0 spiro atoms. The summed E-state index contributed by atoms with van der Waals surface area (Å²) in [6.07, 6.45) is 3.87. The van der Waals surface area contributed by atoms with Crippen LogP contribution in [0.1, 0.15) is 11.1 Å². The highest BCUT2D eigenvalue weighted by Crippen LogP contribution is 2.37. The highest BCUT2D eigenvalue weighted by atomic mass is 32.2. The number of nitrogens with zero attached hydrogens (tertiary/aromatic N) is 1. The maximum absolute atomic E-state index is 12.0. The largest absolute Gasteiger partial charge is 0.351 e. The van der Waals surface area contributed by atoms with Gasteiger partial charge in [0.1, 0.15) is 0 Å². The summed E-state index contributed by atoms with van der Waals surface area (Å²) in [4.78, 5) is 14.7. The molecule has 0 bridgehead atoms. The second-order valence-corrected chi connectivity index (χ2v) is 5.68. The zero-order chi connectivity index (χ0) is 14.1. The zero-order valence-corrected chi connectivity index (χ0v) is 12.1. The van der Waals surface area contributed by atoms with Crippen molar-refractivity contribution in [1.29, 1.82) is 0 Å². The summed E-state index contributed by atoms with van der Waals surface area (Å²) in [5.74, 6) is 0. The molecule has 2 aromatic rings. The first-order valence-electron chi connectivity index (χ1n) is 6.55. The van der Waals surface area contributed by atoms with Gasteiger partial charge in [0.2, 0.25) is 0 Å². The number of hydrogen-bond acceptors (Lipinski definition) is 2. The number of amides is 2. The molecule has 0 radical (unpaired) electrons. The Morgan fingerprint density at radius 3 is 2.50 bits per heavy atom. The normalized spacial score (nSPS) is 13.3. The molecule has 3 nitrogen and oxygen atoms in total. The molecule has 4 heteroatoms. The molecule has 2 N–H and O–H groups in total. The summed E-state index contributed by atoms with van der Waals surface area (Å²) in [6.45, 7) is 0. The number of benzene rings is 2. The van der Waals surface area contributed by atoms with Gasteiger partial charge < -0.3 is 5.73 Å². The van der Waals surface area contributed by atoms with Crippen molar-refractivity contribution < 1.29 is 4.79 Å². The molecule has 0 saturated carbocycles. The molecule has 1 heterocycles. The highest BCUT2D eigenvalue weighted by Gasteiger charge is 2.24. The van der Waals surface area contributed by atoms with Crippen LogP contribution in [0, 0.1) is 0 Å². The van der Waals surface area contributed by atoms with Gasteiger partial charge >= 0.3 is 6.03 Å². The van der Waals surface area contributed by atoms with E-state index in [-0.39, 0.29) is 0 Å². The van der Waals surface area contributed by atoms with Gasteiger partial charge in [0, 0.05) is 4.90 Å². The highest BCUT2D eigenvalue weighted by molar-refractivity contribution is 7.98. The second kappa shape index (κ2) is 5.21.